The Morgan fingerprint density at radius 2 is 1.72 bits per heavy atom. The van der Waals surface area contributed by atoms with E-state index >= 15 is 0 Å². The minimum absolute atomic E-state index is 0.139. The van der Waals surface area contributed by atoms with E-state index in [0.29, 0.717) is 23.6 Å². The molecule has 1 heterocycles. The van der Waals surface area contributed by atoms with Crippen LogP contribution in [0, 0.1) is 12.8 Å². The molecule has 39 heavy (non-hydrogen) atoms. The quantitative estimate of drug-likeness (QED) is 0.339. The SMILES string of the molecule is CCOC(=O)c1ccc(NC(=O)N(CC(=O)Nc2cc(C(C)(C)C)nn2-c2cccc(C)c2)CC(C)C)cc1. The van der Waals surface area contributed by atoms with E-state index in [-0.39, 0.29) is 30.4 Å². The number of aromatic nitrogens is 2. The summed E-state index contributed by atoms with van der Waals surface area (Å²) in [6.07, 6.45) is 0. The van der Waals surface area contributed by atoms with Crippen LogP contribution in [0.15, 0.2) is 54.6 Å². The number of carbonyl (C=O) groups excluding carboxylic acids is 3. The van der Waals surface area contributed by atoms with Gasteiger partial charge in [-0.05, 0) is 61.7 Å². The molecule has 0 aliphatic carbocycles. The van der Waals surface area contributed by atoms with Gasteiger partial charge in [0.05, 0.1) is 23.6 Å². The first kappa shape index (κ1) is 29.4. The van der Waals surface area contributed by atoms with Crippen molar-refractivity contribution in [3.8, 4) is 5.69 Å². The number of rotatable bonds is 9. The molecule has 0 saturated heterocycles. The Morgan fingerprint density at radius 3 is 2.31 bits per heavy atom. The summed E-state index contributed by atoms with van der Waals surface area (Å²) in [7, 11) is 0. The Balaban J connectivity index is 1.77. The van der Waals surface area contributed by atoms with Gasteiger partial charge in [-0.25, -0.2) is 14.3 Å². The summed E-state index contributed by atoms with van der Waals surface area (Å²) in [4.78, 5) is 39.7. The van der Waals surface area contributed by atoms with Crippen molar-refractivity contribution >= 4 is 29.4 Å². The van der Waals surface area contributed by atoms with Gasteiger partial charge in [-0.1, -0.05) is 46.8 Å². The van der Waals surface area contributed by atoms with E-state index in [1.807, 2.05) is 51.1 Å². The van der Waals surface area contributed by atoms with E-state index < -0.39 is 12.0 Å². The van der Waals surface area contributed by atoms with Crippen LogP contribution >= 0.6 is 0 Å². The minimum atomic E-state index is -0.423. The Morgan fingerprint density at radius 1 is 1.03 bits per heavy atom. The van der Waals surface area contributed by atoms with Crippen LogP contribution in [0.5, 0.6) is 0 Å². The maximum atomic E-state index is 13.2. The number of hydrogen-bond acceptors (Lipinski definition) is 5. The third kappa shape index (κ3) is 8.17. The van der Waals surface area contributed by atoms with Gasteiger partial charge in [0.2, 0.25) is 5.91 Å². The fourth-order valence-electron chi connectivity index (χ4n) is 3.92. The van der Waals surface area contributed by atoms with Crippen molar-refractivity contribution in [3.63, 3.8) is 0 Å². The molecule has 1 aromatic heterocycles. The van der Waals surface area contributed by atoms with Crippen molar-refractivity contribution in [2.75, 3.05) is 30.3 Å². The lowest BCUT2D eigenvalue weighted by Crippen LogP contribution is -2.42. The first-order valence-corrected chi connectivity index (χ1v) is 13.2. The van der Waals surface area contributed by atoms with Gasteiger partial charge in [0.1, 0.15) is 12.4 Å². The largest absolute Gasteiger partial charge is 0.462 e. The number of esters is 1. The van der Waals surface area contributed by atoms with Gasteiger partial charge in [0.15, 0.2) is 0 Å². The number of benzene rings is 2. The molecule has 3 rings (SSSR count). The molecule has 0 aliphatic heterocycles. The zero-order valence-electron chi connectivity index (χ0n) is 23.9. The molecule has 0 aliphatic rings. The van der Waals surface area contributed by atoms with Gasteiger partial charge < -0.3 is 20.3 Å². The summed E-state index contributed by atoms with van der Waals surface area (Å²) in [5.74, 6) is -0.0826. The molecule has 0 spiro atoms. The fraction of sp³-hybridized carbons (Fsp3) is 0.400. The minimum Gasteiger partial charge on any atom is -0.462 e. The molecular weight excluding hydrogens is 494 g/mol. The maximum absolute atomic E-state index is 13.2. The molecule has 208 valence electrons. The number of ether oxygens (including phenoxy) is 1. The third-order valence-corrected chi connectivity index (χ3v) is 5.85. The van der Waals surface area contributed by atoms with Gasteiger partial charge in [-0.15, -0.1) is 0 Å². The zero-order chi connectivity index (χ0) is 28.7. The molecule has 0 bridgehead atoms. The molecule has 3 aromatic rings. The molecule has 2 N–H and O–H groups in total. The summed E-state index contributed by atoms with van der Waals surface area (Å²) in [6, 6.07) is 15.8. The monoisotopic (exact) mass is 533 g/mol. The summed E-state index contributed by atoms with van der Waals surface area (Å²) in [5, 5.41) is 10.6. The second-order valence-electron chi connectivity index (χ2n) is 11.0. The smallest absolute Gasteiger partial charge is 0.338 e. The van der Waals surface area contributed by atoms with Gasteiger partial charge >= 0.3 is 12.0 Å². The Hall–Kier alpha value is -4.14. The van der Waals surface area contributed by atoms with Crippen LogP contribution in [0.25, 0.3) is 5.69 Å². The zero-order valence-corrected chi connectivity index (χ0v) is 23.9. The number of hydrogen-bond donors (Lipinski definition) is 2. The Bertz CT molecular complexity index is 1310. The highest BCUT2D eigenvalue weighted by molar-refractivity contribution is 5.97. The lowest BCUT2D eigenvalue weighted by atomic mass is 9.92. The average molecular weight is 534 g/mol. The van der Waals surface area contributed by atoms with Crippen molar-refractivity contribution in [1.82, 2.24) is 14.7 Å². The molecule has 3 amide bonds. The van der Waals surface area contributed by atoms with Gasteiger partial charge in [0, 0.05) is 23.7 Å². The van der Waals surface area contributed by atoms with Crippen molar-refractivity contribution in [3.05, 3.63) is 71.4 Å². The van der Waals surface area contributed by atoms with Gasteiger partial charge in [-0.3, -0.25) is 4.79 Å². The van der Waals surface area contributed by atoms with E-state index in [4.69, 9.17) is 9.84 Å². The lowest BCUT2D eigenvalue weighted by Gasteiger charge is -2.24. The van der Waals surface area contributed by atoms with E-state index in [9.17, 15) is 14.4 Å². The van der Waals surface area contributed by atoms with Crippen molar-refractivity contribution in [2.24, 2.45) is 5.92 Å². The first-order chi connectivity index (χ1) is 18.4. The molecule has 0 radical (unpaired) electrons. The molecule has 0 fully saturated rings. The molecule has 2 aromatic carbocycles. The average Bonchev–Trinajstić information content (AvgIpc) is 3.28. The number of anilines is 2. The molecule has 0 atom stereocenters. The molecule has 9 heteroatoms. The summed E-state index contributed by atoms with van der Waals surface area (Å²) >= 11 is 0. The van der Waals surface area contributed by atoms with Crippen LogP contribution < -0.4 is 10.6 Å². The second kappa shape index (κ2) is 12.6. The molecule has 0 saturated carbocycles. The van der Waals surface area contributed by atoms with Gasteiger partial charge in [0.25, 0.3) is 0 Å². The lowest BCUT2D eigenvalue weighted by molar-refractivity contribution is -0.116. The van der Waals surface area contributed by atoms with Crippen molar-refractivity contribution < 1.29 is 19.1 Å². The number of carbonyl (C=O) groups is 3. The summed E-state index contributed by atoms with van der Waals surface area (Å²) in [5.41, 5.74) is 3.43. The number of nitrogens with one attached hydrogen (secondary N) is 2. The fourth-order valence-corrected chi connectivity index (χ4v) is 3.92. The van der Waals surface area contributed by atoms with Crippen molar-refractivity contribution in [1.29, 1.82) is 0 Å². The first-order valence-electron chi connectivity index (χ1n) is 13.2. The molecule has 9 nitrogen and oxygen atoms in total. The predicted molar refractivity (Wildman–Crippen MR) is 153 cm³/mol. The van der Waals surface area contributed by atoms with Crippen LogP contribution in [0.4, 0.5) is 16.3 Å². The summed E-state index contributed by atoms with van der Waals surface area (Å²) in [6.45, 7) is 14.4. The molecular formula is C30H39N5O4. The topological polar surface area (TPSA) is 106 Å². The predicted octanol–water partition coefficient (Wildman–Crippen LogP) is 5.78. The van der Waals surface area contributed by atoms with E-state index in [1.54, 1.807) is 35.9 Å². The standard InChI is InChI=1S/C30H39N5O4/c1-8-39-28(37)22-12-14-23(15-13-22)31-29(38)34(18-20(2)3)19-27(36)32-26-17-25(30(5,6)7)33-35(26)24-11-9-10-21(4)16-24/h9-17,20H,8,18-19H2,1-7H3,(H,31,38)(H,32,36). The number of aryl methyl sites for hydroxylation is 1. The number of amides is 3. The Labute approximate surface area is 230 Å². The van der Waals surface area contributed by atoms with Crippen molar-refractivity contribution in [2.45, 2.75) is 53.9 Å². The Kier molecular flexibility index (Phi) is 9.51. The maximum Gasteiger partial charge on any atom is 0.338 e. The third-order valence-electron chi connectivity index (χ3n) is 5.85. The number of nitrogens with zero attached hydrogens (tertiary/aromatic N) is 3. The van der Waals surface area contributed by atoms with E-state index in [0.717, 1.165) is 16.9 Å². The highest BCUT2D eigenvalue weighted by Crippen LogP contribution is 2.26. The van der Waals surface area contributed by atoms with Crippen LogP contribution in [0.1, 0.15) is 63.2 Å². The molecule has 0 unspecified atom stereocenters. The van der Waals surface area contributed by atoms with Crippen LogP contribution in [-0.2, 0) is 14.9 Å². The highest BCUT2D eigenvalue weighted by atomic mass is 16.5. The second-order valence-corrected chi connectivity index (χ2v) is 11.0. The van der Waals surface area contributed by atoms with E-state index in [2.05, 4.69) is 31.4 Å². The van der Waals surface area contributed by atoms with Crippen LogP contribution in [0.2, 0.25) is 0 Å². The highest BCUT2D eigenvalue weighted by Gasteiger charge is 2.24. The van der Waals surface area contributed by atoms with E-state index in [1.165, 1.54) is 4.90 Å². The van der Waals surface area contributed by atoms with Crippen LogP contribution in [0.3, 0.4) is 0 Å². The normalized spacial score (nSPS) is 11.3. The van der Waals surface area contributed by atoms with Gasteiger partial charge in [-0.2, -0.15) is 5.10 Å². The van der Waals surface area contributed by atoms with Crippen LogP contribution in [-0.4, -0.2) is 52.3 Å². The summed E-state index contributed by atoms with van der Waals surface area (Å²) < 4.78 is 6.73. The number of urea groups is 1.